The van der Waals surface area contributed by atoms with Crippen molar-refractivity contribution in [3.8, 4) is 12.3 Å². The van der Waals surface area contributed by atoms with E-state index in [1.807, 2.05) is 17.0 Å². The molecule has 1 N–H and O–H groups in total. The molecule has 1 unspecified atom stereocenters. The monoisotopic (exact) mass is 416 g/mol. The van der Waals surface area contributed by atoms with Crippen LogP contribution in [0.1, 0.15) is 63.4 Å². The normalized spacial score (nSPS) is 21.6. The van der Waals surface area contributed by atoms with E-state index < -0.39 is 0 Å². The van der Waals surface area contributed by atoms with E-state index in [9.17, 15) is 9.59 Å². The fourth-order valence-electron chi connectivity index (χ4n) is 5.32. The fourth-order valence-corrected chi connectivity index (χ4v) is 5.32. The number of hydrogen-bond acceptors (Lipinski definition) is 2. The predicted molar refractivity (Wildman–Crippen MR) is 124 cm³/mol. The Morgan fingerprint density at radius 2 is 1.90 bits per heavy atom. The summed E-state index contributed by atoms with van der Waals surface area (Å²) in [6.45, 7) is 0.382. The summed E-state index contributed by atoms with van der Waals surface area (Å²) in [5.74, 6) is 2.90. The van der Waals surface area contributed by atoms with E-state index in [2.05, 4.69) is 41.6 Å². The van der Waals surface area contributed by atoms with Crippen LogP contribution in [0.3, 0.4) is 0 Å². The van der Waals surface area contributed by atoms with Gasteiger partial charge in [-0.1, -0.05) is 67.6 Å². The van der Waals surface area contributed by atoms with Crippen LogP contribution in [0, 0.1) is 12.3 Å². The summed E-state index contributed by atoms with van der Waals surface area (Å²) in [4.78, 5) is 27.2. The molecule has 2 amide bonds. The van der Waals surface area contributed by atoms with Crippen LogP contribution in [0.5, 0.6) is 0 Å². The third-order valence-corrected chi connectivity index (χ3v) is 7.01. The molecule has 1 atom stereocenters. The van der Waals surface area contributed by atoms with Crippen molar-refractivity contribution in [1.82, 2.24) is 10.2 Å². The van der Waals surface area contributed by atoms with Crippen molar-refractivity contribution >= 4 is 22.6 Å². The summed E-state index contributed by atoms with van der Waals surface area (Å²) >= 11 is 0. The summed E-state index contributed by atoms with van der Waals surface area (Å²) in [5.41, 5.74) is 0.838. The van der Waals surface area contributed by atoms with Crippen LogP contribution in [0.2, 0.25) is 0 Å². The Hall–Kier alpha value is -2.80. The molecule has 4 rings (SSSR count). The molecule has 31 heavy (non-hydrogen) atoms. The fraction of sp³-hybridized carbons (Fsp3) is 0.481. The molecule has 4 nitrogen and oxygen atoms in total. The van der Waals surface area contributed by atoms with Gasteiger partial charge in [-0.05, 0) is 48.4 Å². The van der Waals surface area contributed by atoms with Gasteiger partial charge in [0.15, 0.2) is 0 Å². The summed E-state index contributed by atoms with van der Waals surface area (Å²) < 4.78 is 0. The molecule has 1 saturated heterocycles. The van der Waals surface area contributed by atoms with Gasteiger partial charge < -0.3 is 10.2 Å². The smallest absolute Gasteiger partial charge is 0.223 e. The first kappa shape index (κ1) is 21.4. The summed E-state index contributed by atoms with van der Waals surface area (Å²) in [5, 5.41) is 5.63. The highest BCUT2D eigenvalue weighted by Gasteiger charge is 2.38. The van der Waals surface area contributed by atoms with Crippen molar-refractivity contribution in [2.24, 2.45) is 0 Å². The molecule has 2 aromatic carbocycles. The molecule has 2 aliphatic rings. The van der Waals surface area contributed by atoms with Gasteiger partial charge in [-0.25, -0.2) is 0 Å². The van der Waals surface area contributed by atoms with Crippen molar-refractivity contribution < 1.29 is 9.59 Å². The van der Waals surface area contributed by atoms with E-state index in [1.54, 1.807) is 0 Å². The third kappa shape index (κ3) is 5.10. The Bertz CT molecular complexity index is 986. The lowest BCUT2D eigenvalue weighted by atomic mass is 9.84. The number of carbonyl (C=O) groups excluding carboxylic acids is 2. The quantitative estimate of drug-likeness (QED) is 0.671. The van der Waals surface area contributed by atoms with Gasteiger partial charge in [0.25, 0.3) is 0 Å². The predicted octanol–water partition coefficient (Wildman–Crippen LogP) is 4.61. The molecule has 162 valence electrons. The lowest BCUT2D eigenvalue weighted by Gasteiger charge is -2.35. The summed E-state index contributed by atoms with van der Waals surface area (Å²) in [6, 6.07) is 15.1. The molecular weight excluding hydrogens is 384 g/mol. The molecular formula is C27H32N2O2. The molecule has 0 aromatic heterocycles. The second kappa shape index (κ2) is 9.56. The standard InChI is InChI=1S/C27H32N2O2/c1-2-18-29(24-10-4-3-5-11-24)26(31)15-17-27(16-14-25(30)28-27)20-21-12-13-22-8-6-7-9-23(22)19-21/h1,6-9,12-13,19,24H,3-5,10-11,14-18,20H2,(H,28,30). The molecule has 1 aliphatic carbocycles. The van der Waals surface area contributed by atoms with Crippen molar-refractivity contribution in [3.63, 3.8) is 0 Å². The number of benzene rings is 2. The number of amides is 2. The Kier molecular flexibility index (Phi) is 6.61. The Morgan fingerprint density at radius 3 is 2.61 bits per heavy atom. The lowest BCUT2D eigenvalue weighted by Crippen LogP contribution is -2.46. The van der Waals surface area contributed by atoms with Gasteiger partial charge in [-0.3, -0.25) is 9.59 Å². The van der Waals surface area contributed by atoms with Crippen LogP contribution in [-0.4, -0.2) is 34.8 Å². The first-order chi connectivity index (χ1) is 15.1. The van der Waals surface area contributed by atoms with Crippen LogP contribution in [0.4, 0.5) is 0 Å². The minimum absolute atomic E-state index is 0.0843. The zero-order chi connectivity index (χ0) is 21.7. The largest absolute Gasteiger partial charge is 0.350 e. The minimum Gasteiger partial charge on any atom is -0.350 e. The van der Waals surface area contributed by atoms with Crippen molar-refractivity contribution in [1.29, 1.82) is 0 Å². The maximum Gasteiger partial charge on any atom is 0.223 e. The van der Waals surface area contributed by atoms with E-state index >= 15 is 0 Å². The highest BCUT2D eigenvalue weighted by molar-refractivity contribution is 5.83. The average molecular weight is 417 g/mol. The Balaban J connectivity index is 1.47. The molecule has 1 saturated carbocycles. The number of carbonyl (C=O) groups is 2. The molecule has 0 spiro atoms. The van der Waals surface area contributed by atoms with Gasteiger partial charge in [-0.2, -0.15) is 0 Å². The van der Waals surface area contributed by atoms with Gasteiger partial charge in [-0.15, -0.1) is 6.42 Å². The van der Waals surface area contributed by atoms with Crippen LogP contribution in [0.15, 0.2) is 42.5 Å². The molecule has 4 heteroatoms. The molecule has 2 fully saturated rings. The van der Waals surface area contributed by atoms with Gasteiger partial charge in [0, 0.05) is 24.4 Å². The number of fused-ring (bicyclic) bond motifs is 1. The zero-order valence-corrected chi connectivity index (χ0v) is 18.2. The van der Waals surface area contributed by atoms with Crippen molar-refractivity contribution in [2.75, 3.05) is 6.54 Å². The van der Waals surface area contributed by atoms with Crippen molar-refractivity contribution in [2.45, 2.75) is 75.8 Å². The highest BCUT2D eigenvalue weighted by atomic mass is 16.2. The van der Waals surface area contributed by atoms with Gasteiger partial charge in [0.05, 0.1) is 6.54 Å². The first-order valence-electron chi connectivity index (χ1n) is 11.6. The Morgan fingerprint density at radius 1 is 1.13 bits per heavy atom. The molecule has 1 heterocycles. The Labute approximate surface area is 185 Å². The first-order valence-corrected chi connectivity index (χ1v) is 11.6. The second-order valence-electron chi connectivity index (χ2n) is 9.20. The molecule has 0 bridgehead atoms. The van der Waals surface area contributed by atoms with Crippen LogP contribution in [0.25, 0.3) is 10.8 Å². The topological polar surface area (TPSA) is 49.4 Å². The number of nitrogens with zero attached hydrogens (tertiary/aromatic N) is 1. The van der Waals surface area contributed by atoms with Gasteiger partial charge in [0.1, 0.15) is 0 Å². The third-order valence-electron chi connectivity index (χ3n) is 7.01. The second-order valence-corrected chi connectivity index (χ2v) is 9.20. The summed E-state index contributed by atoms with van der Waals surface area (Å²) in [7, 11) is 0. The molecule has 2 aromatic rings. The summed E-state index contributed by atoms with van der Waals surface area (Å²) in [6.07, 6.45) is 14.4. The SMILES string of the molecule is C#CCN(C(=O)CCC1(Cc2ccc3ccccc3c2)CCC(=O)N1)C1CCCCC1. The van der Waals surface area contributed by atoms with E-state index in [4.69, 9.17) is 6.42 Å². The van der Waals surface area contributed by atoms with Crippen LogP contribution < -0.4 is 5.32 Å². The van der Waals surface area contributed by atoms with Crippen molar-refractivity contribution in [3.05, 3.63) is 48.0 Å². The lowest BCUT2D eigenvalue weighted by molar-refractivity contribution is -0.134. The van der Waals surface area contributed by atoms with Crippen LogP contribution >= 0.6 is 0 Å². The maximum atomic E-state index is 13.2. The number of terminal acetylenes is 1. The highest BCUT2D eigenvalue weighted by Crippen LogP contribution is 2.31. The average Bonchev–Trinajstić information content (AvgIpc) is 3.16. The van der Waals surface area contributed by atoms with Gasteiger partial charge >= 0.3 is 0 Å². The maximum absolute atomic E-state index is 13.2. The van der Waals surface area contributed by atoms with E-state index in [1.165, 1.54) is 35.6 Å². The number of rotatable bonds is 7. The van der Waals surface area contributed by atoms with Gasteiger partial charge in [0.2, 0.25) is 11.8 Å². The van der Waals surface area contributed by atoms with E-state index in [0.717, 1.165) is 25.7 Å². The van der Waals surface area contributed by atoms with Crippen LogP contribution in [-0.2, 0) is 16.0 Å². The van der Waals surface area contributed by atoms with E-state index in [0.29, 0.717) is 25.8 Å². The number of nitrogens with one attached hydrogen (secondary N) is 1. The van der Waals surface area contributed by atoms with E-state index in [-0.39, 0.29) is 23.4 Å². The molecule has 0 radical (unpaired) electrons. The zero-order valence-electron chi connectivity index (χ0n) is 18.2. The molecule has 1 aliphatic heterocycles. The number of hydrogen-bond donors (Lipinski definition) is 1. The minimum atomic E-state index is -0.358.